The number of halogens is 1. The summed E-state index contributed by atoms with van der Waals surface area (Å²) in [5.41, 5.74) is 2.51. The number of hydrogen-bond acceptors (Lipinski definition) is 4. The molecule has 160 valence electrons. The van der Waals surface area contributed by atoms with E-state index in [0.29, 0.717) is 6.04 Å². The quantitative estimate of drug-likeness (QED) is 0.305. The van der Waals surface area contributed by atoms with Crippen LogP contribution in [0.1, 0.15) is 46.9 Å². The van der Waals surface area contributed by atoms with Crippen molar-refractivity contribution < 1.29 is 0 Å². The molecule has 0 saturated carbocycles. The van der Waals surface area contributed by atoms with Gasteiger partial charge in [0.05, 0.1) is 23.3 Å². The molecular weight excluding hydrogens is 493 g/mol. The zero-order valence-corrected chi connectivity index (χ0v) is 20.9. The number of guanidine groups is 1. The molecule has 1 saturated heterocycles. The van der Waals surface area contributed by atoms with Crippen LogP contribution in [0.15, 0.2) is 35.3 Å². The lowest BCUT2D eigenvalue weighted by Crippen LogP contribution is -2.39. The minimum absolute atomic E-state index is 0. The van der Waals surface area contributed by atoms with E-state index in [1.54, 1.807) is 11.3 Å². The van der Waals surface area contributed by atoms with Gasteiger partial charge in [-0.15, -0.1) is 35.3 Å². The zero-order valence-electron chi connectivity index (χ0n) is 17.8. The molecule has 1 aromatic carbocycles. The molecule has 3 rings (SSSR count). The highest BCUT2D eigenvalue weighted by Crippen LogP contribution is 2.25. The third-order valence-electron chi connectivity index (χ3n) is 5.24. The lowest BCUT2D eigenvalue weighted by Gasteiger charge is -2.27. The SMILES string of the molecule is CCNC(=NCC(c1ccccc1)N1CCCC1)NCCc1nc(C)c(C)s1.I. The fraction of sp³-hybridized carbons (Fsp3) is 0.545. The number of aromatic nitrogens is 1. The van der Waals surface area contributed by atoms with Crippen molar-refractivity contribution in [1.82, 2.24) is 20.5 Å². The van der Waals surface area contributed by atoms with Gasteiger partial charge < -0.3 is 10.6 Å². The van der Waals surface area contributed by atoms with Gasteiger partial charge in [-0.2, -0.15) is 0 Å². The second-order valence-electron chi connectivity index (χ2n) is 7.32. The van der Waals surface area contributed by atoms with Gasteiger partial charge >= 0.3 is 0 Å². The molecule has 2 heterocycles. The van der Waals surface area contributed by atoms with Crippen LogP contribution >= 0.6 is 35.3 Å². The Morgan fingerprint density at radius 3 is 2.52 bits per heavy atom. The molecule has 1 atom stereocenters. The van der Waals surface area contributed by atoms with Crippen molar-refractivity contribution in [3.8, 4) is 0 Å². The molecule has 1 aliphatic heterocycles. The highest BCUT2D eigenvalue weighted by atomic mass is 127. The summed E-state index contributed by atoms with van der Waals surface area (Å²) in [6.07, 6.45) is 3.51. The Balaban J connectivity index is 0.00000300. The lowest BCUT2D eigenvalue weighted by atomic mass is 10.1. The minimum atomic E-state index is 0. The fourth-order valence-corrected chi connectivity index (χ4v) is 4.55. The number of aryl methyl sites for hydroxylation is 2. The first-order chi connectivity index (χ1) is 13.7. The maximum absolute atomic E-state index is 4.92. The smallest absolute Gasteiger partial charge is 0.191 e. The largest absolute Gasteiger partial charge is 0.357 e. The van der Waals surface area contributed by atoms with E-state index in [0.717, 1.165) is 37.7 Å². The van der Waals surface area contributed by atoms with Crippen molar-refractivity contribution in [2.45, 2.75) is 46.1 Å². The highest BCUT2D eigenvalue weighted by Gasteiger charge is 2.23. The maximum Gasteiger partial charge on any atom is 0.191 e. The van der Waals surface area contributed by atoms with Crippen molar-refractivity contribution in [1.29, 1.82) is 0 Å². The lowest BCUT2D eigenvalue weighted by molar-refractivity contribution is 0.251. The molecule has 1 aliphatic rings. The number of rotatable bonds is 8. The van der Waals surface area contributed by atoms with E-state index >= 15 is 0 Å². The summed E-state index contributed by atoms with van der Waals surface area (Å²) >= 11 is 1.79. The Morgan fingerprint density at radius 2 is 1.90 bits per heavy atom. The average molecular weight is 528 g/mol. The van der Waals surface area contributed by atoms with Gasteiger partial charge in [-0.1, -0.05) is 30.3 Å². The van der Waals surface area contributed by atoms with Gasteiger partial charge in [-0.25, -0.2) is 4.98 Å². The van der Waals surface area contributed by atoms with Gasteiger partial charge in [0.25, 0.3) is 0 Å². The molecule has 2 N–H and O–H groups in total. The molecule has 0 aliphatic carbocycles. The van der Waals surface area contributed by atoms with Crippen molar-refractivity contribution in [3.63, 3.8) is 0 Å². The molecule has 0 amide bonds. The van der Waals surface area contributed by atoms with Crippen LogP contribution in [-0.2, 0) is 6.42 Å². The molecule has 0 spiro atoms. The normalized spacial score (nSPS) is 15.8. The molecule has 7 heteroatoms. The average Bonchev–Trinajstić information content (AvgIpc) is 3.33. The van der Waals surface area contributed by atoms with Crippen LogP contribution in [0.25, 0.3) is 0 Å². The van der Waals surface area contributed by atoms with E-state index in [9.17, 15) is 0 Å². The minimum Gasteiger partial charge on any atom is -0.357 e. The number of nitrogens with zero attached hydrogens (tertiary/aromatic N) is 3. The molecule has 1 aromatic heterocycles. The topological polar surface area (TPSA) is 52.6 Å². The number of nitrogens with one attached hydrogen (secondary N) is 2. The number of thiazole rings is 1. The van der Waals surface area contributed by atoms with Gasteiger partial charge in [-0.3, -0.25) is 9.89 Å². The monoisotopic (exact) mass is 527 g/mol. The van der Waals surface area contributed by atoms with E-state index in [1.807, 2.05) is 0 Å². The Bertz CT molecular complexity index is 736. The van der Waals surface area contributed by atoms with Crippen molar-refractivity contribution in [2.75, 3.05) is 32.7 Å². The molecule has 0 bridgehead atoms. The first-order valence-electron chi connectivity index (χ1n) is 10.4. The number of hydrogen-bond donors (Lipinski definition) is 2. The van der Waals surface area contributed by atoms with Crippen LogP contribution < -0.4 is 10.6 Å². The Kier molecular flexibility index (Phi) is 10.4. The summed E-state index contributed by atoms with van der Waals surface area (Å²) in [5, 5.41) is 8.06. The fourth-order valence-electron chi connectivity index (χ4n) is 3.61. The molecule has 5 nitrogen and oxygen atoms in total. The standard InChI is InChI=1S/C22H33N5S.HI/c1-4-23-22(24-13-12-21-26-17(2)18(3)28-21)25-16-20(27-14-8-9-15-27)19-10-6-5-7-11-19;/h5-7,10-11,20H,4,8-9,12-16H2,1-3H3,(H2,23,24,25);1H. The van der Waals surface area contributed by atoms with Crippen LogP contribution in [0.3, 0.4) is 0 Å². The third-order valence-corrected chi connectivity index (χ3v) is 6.37. The third kappa shape index (κ3) is 7.22. The van der Waals surface area contributed by atoms with E-state index in [2.05, 4.69) is 71.6 Å². The number of benzene rings is 1. The van der Waals surface area contributed by atoms with Crippen LogP contribution in [0.5, 0.6) is 0 Å². The Labute approximate surface area is 196 Å². The number of likely N-dealkylation sites (tertiary alicyclic amines) is 1. The van der Waals surface area contributed by atoms with Gasteiger partial charge in [0.1, 0.15) is 0 Å². The van der Waals surface area contributed by atoms with Gasteiger partial charge in [0.2, 0.25) is 0 Å². The molecule has 1 fully saturated rings. The predicted octanol–water partition coefficient (Wildman–Crippen LogP) is 4.31. The number of aliphatic imine (C=N–C) groups is 1. The Hall–Kier alpha value is -1.19. The van der Waals surface area contributed by atoms with E-state index < -0.39 is 0 Å². The summed E-state index contributed by atoms with van der Waals surface area (Å²) in [4.78, 5) is 13.4. The summed E-state index contributed by atoms with van der Waals surface area (Å²) in [6.45, 7) is 11.1. The molecule has 1 unspecified atom stereocenters. The first kappa shape index (κ1) is 24.1. The van der Waals surface area contributed by atoms with Gasteiger partial charge in [0.15, 0.2) is 5.96 Å². The molecule has 2 aromatic rings. The first-order valence-corrected chi connectivity index (χ1v) is 11.2. The Morgan fingerprint density at radius 1 is 1.17 bits per heavy atom. The van der Waals surface area contributed by atoms with Gasteiger partial charge in [0, 0.05) is 24.4 Å². The predicted molar refractivity (Wildman–Crippen MR) is 135 cm³/mol. The van der Waals surface area contributed by atoms with Crippen LogP contribution in [0.2, 0.25) is 0 Å². The summed E-state index contributed by atoms with van der Waals surface area (Å²) in [5.74, 6) is 0.896. The maximum atomic E-state index is 4.92. The van der Waals surface area contributed by atoms with Gasteiger partial charge in [-0.05, 0) is 52.3 Å². The van der Waals surface area contributed by atoms with E-state index in [4.69, 9.17) is 4.99 Å². The van der Waals surface area contributed by atoms with Crippen LogP contribution in [0, 0.1) is 13.8 Å². The summed E-state index contributed by atoms with van der Waals surface area (Å²) < 4.78 is 0. The van der Waals surface area contributed by atoms with Crippen molar-refractivity contribution >= 4 is 41.3 Å². The zero-order chi connectivity index (χ0) is 19.8. The summed E-state index contributed by atoms with van der Waals surface area (Å²) in [6, 6.07) is 11.1. The van der Waals surface area contributed by atoms with Crippen molar-refractivity contribution in [2.24, 2.45) is 4.99 Å². The van der Waals surface area contributed by atoms with Crippen molar-refractivity contribution in [3.05, 3.63) is 51.5 Å². The molecular formula is C22H34IN5S. The molecule has 29 heavy (non-hydrogen) atoms. The molecule has 0 radical (unpaired) electrons. The second-order valence-corrected chi connectivity index (χ2v) is 8.60. The summed E-state index contributed by atoms with van der Waals surface area (Å²) in [7, 11) is 0. The second kappa shape index (κ2) is 12.5. The van der Waals surface area contributed by atoms with E-state index in [1.165, 1.54) is 41.4 Å². The van der Waals surface area contributed by atoms with Crippen LogP contribution in [-0.4, -0.2) is 48.6 Å². The van der Waals surface area contributed by atoms with Crippen LogP contribution in [0.4, 0.5) is 0 Å². The van der Waals surface area contributed by atoms with E-state index in [-0.39, 0.29) is 24.0 Å². The highest BCUT2D eigenvalue weighted by molar-refractivity contribution is 14.0.